The van der Waals surface area contributed by atoms with Crippen molar-refractivity contribution >= 4 is 27.5 Å². The van der Waals surface area contributed by atoms with Gasteiger partial charge in [0.15, 0.2) is 0 Å². The molecule has 5 heteroatoms. The molecule has 15 heavy (non-hydrogen) atoms. The molecule has 1 atom stereocenters. The van der Waals surface area contributed by atoms with Gasteiger partial charge in [0, 0.05) is 24.0 Å². The summed E-state index contributed by atoms with van der Waals surface area (Å²) in [7, 11) is 0. The van der Waals surface area contributed by atoms with Crippen LogP contribution in [0, 0.1) is 11.6 Å². The van der Waals surface area contributed by atoms with Crippen LogP contribution in [0.4, 0.5) is 8.78 Å². The van der Waals surface area contributed by atoms with Crippen molar-refractivity contribution in [3.63, 3.8) is 0 Å². The molecule has 1 aromatic rings. The van der Waals surface area contributed by atoms with Gasteiger partial charge >= 0.3 is 0 Å². The zero-order valence-corrected chi connectivity index (χ0v) is 10.5. The number of rotatable bonds is 4. The monoisotopic (exact) mass is 297 g/mol. The summed E-state index contributed by atoms with van der Waals surface area (Å²) in [6.07, 6.45) is 0. The van der Waals surface area contributed by atoms with Gasteiger partial charge in [0.2, 0.25) is 0 Å². The van der Waals surface area contributed by atoms with E-state index < -0.39 is 11.6 Å². The minimum Gasteiger partial charge on any atom is -0.309 e. The predicted molar refractivity (Wildman–Crippen MR) is 61.1 cm³/mol. The lowest BCUT2D eigenvalue weighted by atomic mass is 10.2. The molecular formula is C10H11BrClF2N. The summed E-state index contributed by atoms with van der Waals surface area (Å²) in [4.78, 5) is 0. The van der Waals surface area contributed by atoms with Crippen LogP contribution in [0.2, 0.25) is 0 Å². The molecule has 0 saturated heterocycles. The Hall–Kier alpha value is -0.190. The van der Waals surface area contributed by atoms with Crippen molar-refractivity contribution in [1.29, 1.82) is 0 Å². The molecule has 0 aliphatic rings. The standard InChI is InChI=1S/C10H11BrClF2N/c1-6(4-12)15-5-7-9(13)3-2-8(11)10(7)14/h2-3,6,15H,4-5H2,1H3. The molecule has 0 saturated carbocycles. The molecule has 0 fully saturated rings. The zero-order valence-electron chi connectivity index (χ0n) is 8.16. The van der Waals surface area contributed by atoms with Gasteiger partial charge in [-0.05, 0) is 35.0 Å². The van der Waals surface area contributed by atoms with Crippen molar-refractivity contribution in [3.05, 3.63) is 33.8 Å². The van der Waals surface area contributed by atoms with Gasteiger partial charge in [-0.15, -0.1) is 11.6 Å². The van der Waals surface area contributed by atoms with E-state index in [9.17, 15) is 8.78 Å². The number of alkyl halides is 1. The van der Waals surface area contributed by atoms with Gasteiger partial charge in [-0.3, -0.25) is 0 Å². The quantitative estimate of drug-likeness (QED) is 0.663. The molecule has 0 aromatic heterocycles. The third-order valence-corrected chi connectivity index (χ3v) is 3.07. The van der Waals surface area contributed by atoms with Crippen LogP contribution in [-0.4, -0.2) is 11.9 Å². The predicted octanol–water partition coefficient (Wildman–Crippen LogP) is 3.44. The van der Waals surface area contributed by atoms with E-state index in [-0.39, 0.29) is 22.6 Å². The first-order chi connectivity index (χ1) is 7.06. The first-order valence-electron chi connectivity index (χ1n) is 4.48. The van der Waals surface area contributed by atoms with Gasteiger partial charge < -0.3 is 5.32 Å². The van der Waals surface area contributed by atoms with Crippen molar-refractivity contribution in [2.45, 2.75) is 19.5 Å². The molecule has 1 rings (SSSR count). The number of hydrogen-bond donors (Lipinski definition) is 1. The molecule has 0 amide bonds. The molecular weight excluding hydrogens is 287 g/mol. The molecule has 0 aliphatic carbocycles. The molecule has 1 unspecified atom stereocenters. The van der Waals surface area contributed by atoms with Gasteiger partial charge in [-0.1, -0.05) is 0 Å². The van der Waals surface area contributed by atoms with Crippen LogP contribution < -0.4 is 5.32 Å². The third-order valence-electron chi connectivity index (χ3n) is 2.00. The van der Waals surface area contributed by atoms with Crippen LogP contribution in [0.25, 0.3) is 0 Å². The van der Waals surface area contributed by atoms with Crippen molar-refractivity contribution in [1.82, 2.24) is 5.32 Å². The first-order valence-corrected chi connectivity index (χ1v) is 5.80. The number of hydrogen-bond acceptors (Lipinski definition) is 1. The highest BCUT2D eigenvalue weighted by atomic mass is 79.9. The summed E-state index contributed by atoms with van der Waals surface area (Å²) in [6.45, 7) is 1.98. The Kier molecular flexibility index (Phi) is 4.96. The van der Waals surface area contributed by atoms with Crippen LogP contribution >= 0.6 is 27.5 Å². The molecule has 1 nitrogen and oxygen atoms in total. The van der Waals surface area contributed by atoms with Gasteiger partial charge in [0.1, 0.15) is 11.6 Å². The Morgan fingerprint density at radius 3 is 2.73 bits per heavy atom. The Balaban J connectivity index is 2.80. The van der Waals surface area contributed by atoms with E-state index in [1.165, 1.54) is 12.1 Å². The highest BCUT2D eigenvalue weighted by Gasteiger charge is 2.12. The second-order valence-electron chi connectivity index (χ2n) is 3.26. The SMILES string of the molecule is CC(CCl)NCc1c(F)ccc(Br)c1F. The van der Waals surface area contributed by atoms with Crippen LogP contribution in [0.1, 0.15) is 12.5 Å². The van der Waals surface area contributed by atoms with Crippen LogP contribution in [0.15, 0.2) is 16.6 Å². The van der Waals surface area contributed by atoms with E-state index in [1.807, 2.05) is 6.92 Å². The molecule has 0 spiro atoms. The van der Waals surface area contributed by atoms with Gasteiger partial charge in [-0.25, -0.2) is 8.78 Å². The van der Waals surface area contributed by atoms with Crippen molar-refractivity contribution in [2.24, 2.45) is 0 Å². The van der Waals surface area contributed by atoms with Crippen LogP contribution in [0.5, 0.6) is 0 Å². The van der Waals surface area contributed by atoms with Crippen LogP contribution in [0.3, 0.4) is 0 Å². The number of benzene rings is 1. The summed E-state index contributed by atoms with van der Waals surface area (Å²) in [5.41, 5.74) is 0.0290. The Bertz CT molecular complexity index is 346. The minimum absolute atomic E-state index is 0.0180. The smallest absolute Gasteiger partial charge is 0.144 e. The Morgan fingerprint density at radius 2 is 2.13 bits per heavy atom. The third kappa shape index (κ3) is 3.40. The average molecular weight is 299 g/mol. The maximum absolute atomic E-state index is 13.5. The average Bonchev–Trinajstić information content (AvgIpc) is 2.23. The molecule has 0 heterocycles. The van der Waals surface area contributed by atoms with Gasteiger partial charge in [0.25, 0.3) is 0 Å². The van der Waals surface area contributed by atoms with E-state index in [4.69, 9.17) is 11.6 Å². The maximum atomic E-state index is 13.5. The fraction of sp³-hybridized carbons (Fsp3) is 0.400. The maximum Gasteiger partial charge on any atom is 0.144 e. The fourth-order valence-corrected chi connectivity index (χ4v) is 1.54. The lowest BCUT2D eigenvalue weighted by Crippen LogP contribution is -2.27. The van der Waals surface area contributed by atoms with Crippen molar-refractivity contribution in [2.75, 3.05) is 5.88 Å². The summed E-state index contributed by atoms with van der Waals surface area (Å²) in [5, 5.41) is 2.92. The summed E-state index contributed by atoms with van der Waals surface area (Å²) >= 11 is 8.58. The van der Waals surface area contributed by atoms with E-state index in [2.05, 4.69) is 21.2 Å². The number of nitrogens with one attached hydrogen (secondary N) is 1. The summed E-state index contributed by atoms with van der Waals surface area (Å²) < 4.78 is 27.0. The minimum atomic E-state index is -0.565. The lowest BCUT2D eigenvalue weighted by Gasteiger charge is -2.12. The van der Waals surface area contributed by atoms with Gasteiger partial charge in [0.05, 0.1) is 4.47 Å². The van der Waals surface area contributed by atoms with E-state index in [1.54, 1.807) is 0 Å². The Morgan fingerprint density at radius 1 is 1.47 bits per heavy atom. The largest absolute Gasteiger partial charge is 0.309 e. The highest BCUT2D eigenvalue weighted by molar-refractivity contribution is 9.10. The molecule has 1 N–H and O–H groups in total. The van der Waals surface area contributed by atoms with Gasteiger partial charge in [-0.2, -0.15) is 0 Å². The van der Waals surface area contributed by atoms with E-state index >= 15 is 0 Å². The molecule has 0 radical (unpaired) electrons. The number of halogens is 4. The summed E-state index contributed by atoms with van der Waals surface area (Å²) in [5.74, 6) is -0.716. The van der Waals surface area contributed by atoms with Crippen molar-refractivity contribution < 1.29 is 8.78 Å². The Labute approximate surface area is 101 Å². The van der Waals surface area contributed by atoms with E-state index in [0.29, 0.717) is 5.88 Å². The zero-order chi connectivity index (χ0) is 11.4. The fourth-order valence-electron chi connectivity index (χ4n) is 1.06. The second-order valence-corrected chi connectivity index (χ2v) is 4.42. The molecule has 0 aliphatic heterocycles. The second kappa shape index (κ2) is 5.77. The first kappa shape index (κ1) is 12.9. The summed E-state index contributed by atoms with van der Waals surface area (Å²) in [6, 6.07) is 2.60. The molecule has 1 aromatic carbocycles. The normalized spacial score (nSPS) is 12.9. The molecule has 0 bridgehead atoms. The van der Waals surface area contributed by atoms with Crippen LogP contribution in [-0.2, 0) is 6.54 Å². The van der Waals surface area contributed by atoms with E-state index in [0.717, 1.165) is 0 Å². The lowest BCUT2D eigenvalue weighted by molar-refractivity contribution is 0.513. The topological polar surface area (TPSA) is 12.0 Å². The van der Waals surface area contributed by atoms with Crippen molar-refractivity contribution in [3.8, 4) is 0 Å². The molecule has 84 valence electrons. The highest BCUT2D eigenvalue weighted by Crippen LogP contribution is 2.21.